The van der Waals surface area contributed by atoms with Gasteiger partial charge in [0, 0.05) is 12.6 Å². The summed E-state index contributed by atoms with van der Waals surface area (Å²) in [4.78, 5) is 0. The number of rotatable bonds is 3. The maximum atomic E-state index is 3.95. The van der Waals surface area contributed by atoms with Crippen molar-refractivity contribution in [1.29, 1.82) is 0 Å². The van der Waals surface area contributed by atoms with Gasteiger partial charge in [0.2, 0.25) is 0 Å². The molecule has 0 aromatic rings. The first-order valence-corrected chi connectivity index (χ1v) is 7.36. The molecule has 15 heavy (non-hydrogen) atoms. The van der Waals surface area contributed by atoms with E-state index in [-0.39, 0.29) is 0 Å². The second-order valence-electron chi connectivity index (χ2n) is 4.02. The summed E-state index contributed by atoms with van der Waals surface area (Å²) in [7, 11) is 0. The van der Waals surface area contributed by atoms with Crippen LogP contribution in [0.25, 0.3) is 0 Å². The minimum absolute atomic E-state index is 0.367. The van der Waals surface area contributed by atoms with E-state index in [9.17, 15) is 0 Å². The van der Waals surface area contributed by atoms with Crippen molar-refractivity contribution < 1.29 is 0 Å². The molecule has 0 aromatic carbocycles. The molecule has 2 aliphatic heterocycles. The highest BCUT2D eigenvalue weighted by Gasteiger charge is 2.16. The van der Waals surface area contributed by atoms with Crippen LogP contribution in [0.3, 0.4) is 0 Å². The Morgan fingerprint density at radius 3 is 3.00 bits per heavy atom. The SMILES string of the molecule is BrC1=NN=CC(NCC2CCSCC2)C1. The van der Waals surface area contributed by atoms with Crippen LogP contribution in [0.5, 0.6) is 0 Å². The molecule has 0 saturated carbocycles. The number of nitrogens with zero attached hydrogens (tertiary/aromatic N) is 2. The van der Waals surface area contributed by atoms with E-state index in [4.69, 9.17) is 0 Å². The maximum Gasteiger partial charge on any atom is 0.107 e. The Morgan fingerprint density at radius 2 is 2.27 bits per heavy atom. The van der Waals surface area contributed by atoms with Crippen LogP contribution >= 0.6 is 27.7 Å². The molecule has 0 aliphatic carbocycles. The van der Waals surface area contributed by atoms with Crippen molar-refractivity contribution in [2.45, 2.75) is 25.3 Å². The van der Waals surface area contributed by atoms with Crippen LogP contribution in [0.4, 0.5) is 0 Å². The molecule has 5 heteroatoms. The molecule has 0 spiro atoms. The van der Waals surface area contributed by atoms with E-state index in [1.165, 1.54) is 24.3 Å². The van der Waals surface area contributed by atoms with Crippen molar-refractivity contribution in [3.63, 3.8) is 0 Å². The van der Waals surface area contributed by atoms with Gasteiger partial charge in [-0.3, -0.25) is 0 Å². The molecule has 84 valence electrons. The molecule has 1 N–H and O–H groups in total. The van der Waals surface area contributed by atoms with E-state index in [0.717, 1.165) is 23.5 Å². The highest BCUT2D eigenvalue weighted by atomic mass is 79.9. The minimum atomic E-state index is 0.367. The zero-order valence-electron chi connectivity index (χ0n) is 8.66. The first-order valence-electron chi connectivity index (χ1n) is 5.41. The van der Waals surface area contributed by atoms with E-state index in [1.807, 2.05) is 6.21 Å². The summed E-state index contributed by atoms with van der Waals surface area (Å²) in [5, 5.41) is 11.4. The van der Waals surface area contributed by atoms with Gasteiger partial charge in [-0.2, -0.15) is 16.9 Å². The molecule has 1 saturated heterocycles. The van der Waals surface area contributed by atoms with E-state index in [0.29, 0.717) is 6.04 Å². The minimum Gasteiger partial charge on any atom is -0.308 e. The number of thioether (sulfide) groups is 1. The van der Waals surface area contributed by atoms with Gasteiger partial charge in [0.25, 0.3) is 0 Å². The Kier molecular flexibility index (Phi) is 4.65. The second kappa shape index (κ2) is 6.01. The van der Waals surface area contributed by atoms with Crippen molar-refractivity contribution in [2.75, 3.05) is 18.1 Å². The first-order chi connectivity index (χ1) is 7.34. The molecule has 2 heterocycles. The van der Waals surface area contributed by atoms with Gasteiger partial charge in [0.15, 0.2) is 0 Å². The number of nitrogens with one attached hydrogen (secondary N) is 1. The summed E-state index contributed by atoms with van der Waals surface area (Å²) in [6, 6.07) is 0.367. The monoisotopic (exact) mass is 289 g/mol. The number of hydrogen-bond acceptors (Lipinski definition) is 4. The lowest BCUT2D eigenvalue weighted by Gasteiger charge is -2.24. The zero-order valence-corrected chi connectivity index (χ0v) is 11.1. The van der Waals surface area contributed by atoms with Crippen LogP contribution in [-0.4, -0.2) is 34.9 Å². The van der Waals surface area contributed by atoms with Gasteiger partial charge in [-0.15, -0.1) is 5.10 Å². The summed E-state index contributed by atoms with van der Waals surface area (Å²) in [5.74, 6) is 3.52. The molecule has 3 nitrogen and oxygen atoms in total. The van der Waals surface area contributed by atoms with Gasteiger partial charge in [0.05, 0.1) is 6.04 Å². The van der Waals surface area contributed by atoms with E-state index in [1.54, 1.807) is 0 Å². The average Bonchev–Trinajstić information content (AvgIpc) is 2.28. The summed E-state index contributed by atoms with van der Waals surface area (Å²) < 4.78 is 0.946. The molecule has 0 amide bonds. The number of hydrogen-bond donors (Lipinski definition) is 1. The smallest absolute Gasteiger partial charge is 0.107 e. The summed E-state index contributed by atoms with van der Waals surface area (Å²) in [6.07, 6.45) is 5.56. The van der Waals surface area contributed by atoms with Crippen LogP contribution in [0.2, 0.25) is 0 Å². The van der Waals surface area contributed by atoms with Gasteiger partial charge < -0.3 is 5.32 Å². The van der Waals surface area contributed by atoms with Crippen LogP contribution in [0, 0.1) is 5.92 Å². The Hall–Kier alpha value is 0.130. The quantitative estimate of drug-likeness (QED) is 0.865. The normalized spacial score (nSPS) is 27.8. The third kappa shape index (κ3) is 3.89. The summed E-state index contributed by atoms with van der Waals surface area (Å²) in [5.41, 5.74) is 0. The fourth-order valence-corrected chi connectivity index (χ4v) is 3.49. The highest BCUT2D eigenvalue weighted by molar-refractivity contribution is 9.18. The molecule has 2 aliphatic rings. The van der Waals surface area contributed by atoms with Gasteiger partial charge in [0.1, 0.15) is 4.62 Å². The highest BCUT2D eigenvalue weighted by Crippen LogP contribution is 2.22. The molecule has 0 aromatic heterocycles. The summed E-state index contributed by atoms with van der Waals surface area (Å²) >= 11 is 5.47. The predicted octanol–water partition coefficient (Wildman–Crippen LogP) is 2.27. The molecule has 1 unspecified atom stereocenters. The van der Waals surface area contributed by atoms with Gasteiger partial charge in [-0.1, -0.05) is 0 Å². The largest absolute Gasteiger partial charge is 0.308 e. The molecular formula is C10H16BrN3S. The Bertz CT molecular complexity index is 261. The molecule has 0 radical (unpaired) electrons. The Morgan fingerprint density at radius 1 is 1.47 bits per heavy atom. The molecular weight excluding hydrogens is 274 g/mol. The lowest BCUT2D eigenvalue weighted by atomic mass is 10.0. The van der Waals surface area contributed by atoms with E-state index < -0.39 is 0 Å². The van der Waals surface area contributed by atoms with Gasteiger partial charge >= 0.3 is 0 Å². The van der Waals surface area contributed by atoms with E-state index >= 15 is 0 Å². The fourth-order valence-electron chi connectivity index (χ4n) is 1.84. The van der Waals surface area contributed by atoms with Crippen LogP contribution in [0.15, 0.2) is 10.2 Å². The third-order valence-electron chi connectivity index (χ3n) is 2.81. The lowest BCUT2D eigenvalue weighted by molar-refractivity contribution is 0.439. The topological polar surface area (TPSA) is 36.8 Å². The predicted molar refractivity (Wildman–Crippen MR) is 71.3 cm³/mol. The van der Waals surface area contributed by atoms with Crippen molar-refractivity contribution in [3.05, 3.63) is 0 Å². The standard InChI is InChI=1S/C10H16BrN3S/c11-10-5-9(7-13-14-10)12-6-8-1-3-15-4-2-8/h7-9,12H,1-6H2. The van der Waals surface area contributed by atoms with Crippen molar-refractivity contribution >= 4 is 38.5 Å². The van der Waals surface area contributed by atoms with Crippen molar-refractivity contribution in [1.82, 2.24) is 5.32 Å². The zero-order chi connectivity index (χ0) is 10.5. The van der Waals surface area contributed by atoms with E-state index in [2.05, 4.69) is 43.2 Å². The maximum absolute atomic E-state index is 3.95. The van der Waals surface area contributed by atoms with Crippen LogP contribution in [-0.2, 0) is 0 Å². The summed E-state index contributed by atoms with van der Waals surface area (Å²) in [6.45, 7) is 1.12. The van der Waals surface area contributed by atoms with Gasteiger partial charge in [-0.25, -0.2) is 0 Å². The first kappa shape index (κ1) is 11.6. The third-order valence-corrected chi connectivity index (χ3v) is 4.34. The average molecular weight is 290 g/mol. The molecule has 2 rings (SSSR count). The molecule has 0 bridgehead atoms. The van der Waals surface area contributed by atoms with Crippen LogP contribution < -0.4 is 5.32 Å². The molecule has 1 fully saturated rings. The molecule has 1 atom stereocenters. The van der Waals surface area contributed by atoms with Gasteiger partial charge in [-0.05, 0) is 52.7 Å². The Balaban J connectivity index is 1.69. The Labute approximate surface area is 103 Å². The lowest BCUT2D eigenvalue weighted by Crippen LogP contribution is -2.37. The van der Waals surface area contributed by atoms with Crippen molar-refractivity contribution in [3.8, 4) is 0 Å². The van der Waals surface area contributed by atoms with Crippen molar-refractivity contribution in [2.24, 2.45) is 16.1 Å². The van der Waals surface area contributed by atoms with Crippen LogP contribution in [0.1, 0.15) is 19.3 Å². The number of halogens is 1. The second-order valence-corrected chi connectivity index (χ2v) is 6.16. The fraction of sp³-hybridized carbons (Fsp3) is 0.800.